The predicted molar refractivity (Wildman–Crippen MR) is 84.8 cm³/mol. The predicted octanol–water partition coefficient (Wildman–Crippen LogP) is 3.47. The third-order valence-corrected chi connectivity index (χ3v) is 3.99. The van der Waals surface area contributed by atoms with Crippen LogP contribution >= 0.6 is 11.3 Å². The standard InChI is InChI=1S/C16H19NO4S/c1-4-15-17-12(10-22-15)9-21-16(18)11-6-7-13(20-5-2)14(8-11)19-3/h6-8,10H,4-5,9H2,1-3H3. The van der Waals surface area contributed by atoms with Crippen LogP contribution in [0.1, 0.15) is 34.9 Å². The van der Waals surface area contributed by atoms with Crippen LogP contribution in [0, 0.1) is 0 Å². The molecule has 0 bridgehead atoms. The number of benzene rings is 1. The minimum absolute atomic E-state index is 0.171. The van der Waals surface area contributed by atoms with E-state index in [0.29, 0.717) is 23.7 Å². The number of carbonyl (C=O) groups is 1. The van der Waals surface area contributed by atoms with Crippen LogP contribution in [0.3, 0.4) is 0 Å². The molecular weight excluding hydrogens is 302 g/mol. The molecule has 0 saturated carbocycles. The zero-order chi connectivity index (χ0) is 15.9. The normalized spacial score (nSPS) is 10.3. The molecule has 1 heterocycles. The van der Waals surface area contributed by atoms with Gasteiger partial charge in [-0.2, -0.15) is 0 Å². The lowest BCUT2D eigenvalue weighted by atomic mass is 10.2. The van der Waals surface area contributed by atoms with Gasteiger partial charge in [0.2, 0.25) is 0 Å². The van der Waals surface area contributed by atoms with Crippen LogP contribution in [0.15, 0.2) is 23.6 Å². The molecule has 0 radical (unpaired) electrons. The average Bonchev–Trinajstić information content (AvgIpc) is 3.01. The largest absolute Gasteiger partial charge is 0.493 e. The van der Waals surface area contributed by atoms with Gasteiger partial charge in [-0.15, -0.1) is 11.3 Å². The molecule has 0 fully saturated rings. The van der Waals surface area contributed by atoms with Gasteiger partial charge >= 0.3 is 5.97 Å². The van der Waals surface area contributed by atoms with E-state index >= 15 is 0 Å². The second-order valence-electron chi connectivity index (χ2n) is 4.46. The third kappa shape index (κ3) is 3.98. The Labute approximate surface area is 133 Å². The lowest BCUT2D eigenvalue weighted by Gasteiger charge is -2.10. The van der Waals surface area contributed by atoms with Crippen molar-refractivity contribution in [1.82, 2.24) is 4.98 Å². The van der Waals surface area contributed by atoms with Crippen molar-refractivity contribution in [3.63, 3.8) is 0 Å². The molecule has 0 saturated heterocycles. The van der Waals surface area contributed by atoms with E-state index in [1.807, 2.05) is 19.2 Å². The van der Waals surface area contributed by atoms with Crippen LogP contribution in [-0.4, -0.2) is 24.7 Å². The highest BCUT2D eigenvalue weighted by Gasteiger charge is 2.13. The molecule has 0 unspecified atom stereocenters. The molecule has 0 N–H and O–H groups in total. The van der Waals surface area contributed by atoms with E-state index < -0.39 is 5.97 Å². The van der Waals surface area contributed by atoms with E-state index in [-0.39, 0.29) is 6.61 Å². The summed E-state index contributed by atoms with van der Waals surface area (Å²) in [7, 11) is 1.54. The number of carbonyl (C=O) groups excluding carboxylic acids is 1. The summed E-state index contributed by atoms with van der Waals surface area (Å²) in [5.74, 6) is 0.708. The van der Waals surface area contributed by atoms with Crippen molar-refractivity contribution in [2.75, 3.05) is 13.7 Å². The van der Waals surface area contributed by atoms with Crippen molar-refractivity contribution in [3.8, 4) is 11.5 Å². The van der Waals surface area contributed by atoms with Crippen LogP contribution in [0.2, 0.25) is 0 Å². The van der Waals surface area contributed by atoms with Crippen LogP contribution in [0.4, 0.5) is 0 Å². The third-order valence-electron chi connectivity index (χ3n) is 2.95. The lowest BCUT2D eigenvalue weighted by Crippen LogP contribution is -2.06. The molecule has 5 nitrogen and oxygen atoms in total. The summed E-state index contributed by atoms with van der Waals surface area (Å²) < 4.78 is 15.9. The van der Waals surface area contributed by atoms with Crippen molar-refractivity contribution in [3.05, 3.63) is 39.8 Å². The summed E-state index contributed by atoms with van der Waals surface area (Å²) in [6, 6.07) is 4.98. The van der Waals surface area contributed by atoms with E-state index in [0.717, 1.165) is 17.1 Å². The number of esters is 1. The van der Waals surface area contributed by atoms with Gasteiger partial charge < -0.3 is 14.2 Å². The van der Waals surface area contributed by atoms with E-state index in [4.69, 9.17) is 14.2 Å². The molecule has 0 aliphatic carbocycles. The molecule has 2 rings (SSSR count). The molecule has 1 aromatic carbocycles. The van der Waals surface area contributed by atoms with E-state index in [1.165, 1.54) is 7.11 Å². The van der Waals surface area contributed by atoms with Crippen molar-refractivity contribution >= 4 is 17.3 Å². The first-order valence-corrected chi connectivity index (χ1v) is 7.97. The van der Waals surface area contributed by atoms with E-state index in [1.54, 1.807) is 29.5 Å². The van der Waals surface area contributed by atoms with Gasteiger partial charge in [-0.05, 0) is 31.5 Å². The summed E-state index contributed by atoms with van der Waals surface area (Å²) in [6.07, 6.45) is 0.884. The van der Waals surface area contributed by atoms with Gasteiger partial charge in [0.15, 0.2) is 11.5 Å². The first-order valence-electron chi connectivity index (χ1n) is 7.09. The Morgan fingerprint density at radius 1 is 1.27 bits per heavy atom. The maximum absolute atomic E-state index is 12.1. The highest BCUT2D eigenvalue weighted by atomic mass is 32.1. The van der Waals surface area contributed by atoms with Gasteiger partial charge in [-0.3, -0.25) is 0 Å². The smallest absolute Gasteiger partial charge is 0.338 e. The fourth-order valence-corrected chi connectivity index (χ4v) is 2.60. The quantitative estimate of drug-likeness (QED) is 0.731. The molecule has 22 heavy (non-hydrogen) atoms. The van der Waals surface area contributed by atoms with Crippen molar-refractivity contribution in [1.29, 1.82) is 0 Å². The Hall–Kier alpha value is -2.08. The molecule has 1 aromatic heterocycles. The molecule has 2 aromatic rings. The van der Waals surface area contributed by atoms with Crippen LogP contribution < -0.4 is 9.47 Å². The second kappa shape index (κ2) is 7.79. The maximum atomic E-state index is 12.1. The van der Waals surface area contributed by atoms with Crippen molar-refractivity contribution in [2.45, 2.75) is 26.9 Å². The summed E-state index contributed by atoms with van der Waals surface area (Å²) in [5.41, 5.74) is 1.19. The second-order valence-corrected chi connectivity index (χ2v) is 5.40. The lowest BCUT2D eigenvalue weighted by molar-refractivity contribution is 0.0468. The number of thiazole rings is 1. The van der Waals surface area contributed by atoms with Gasteiger partial charge in [0, 0.05) is 5.38 Å². The van der Waals surface area contributed by atoms with Crippen LogP contribution in [0.25, 0.3) is 0 Å². The fraction of sp³-hybridized carbons (Fsp3) is 0.375. The fourth-order valence-electron chi connectivity index (χ4n) is 1.87. The molecule has 0 aliphatic heterocycles. The zero-order valence-corrected chi connectivity index (χ0v) is 13.7. The Morgan fingerprint density at radius 3 is 2.73 bits per heavy atom. The Balaban J connectivity index is 2.02. The monoisotopic (exact) mass is 321 g/mol. The number of aromatic nitrogens is 1. The highest BCUT2D eigenvalue weighted by Crippen LogP contribution is 2.28. The van der Waals surface area contributed by atoms with E-state index in [9.17, 15) is 4.79 Å². The Morgan fingerprint density at radius 2 is 2.09 bits per heavy atom. The molecule has 0 aliphatic rings. The van der Waals surface area contributed by atoms with Gasteiger partial charge in [-0.1, -0.05) is 6.92 Å². The van der Waals surface area contributed by atoms with Gasteiger partial charge in [0.05, 0.1) is 30.0 Å². The van der Waals surface area contributed by atoms with E-state index in [2.05, 4.69) is 4.98 Å². The molecule has 0 amide bonds. The zero-order valence-electron chi connectivity index (χ0n) is 12.9. The topological polar surface area (TPSA) is 57.7 Å². The van der Waals surface area contributed by atoms with Gasteiger partial charge in [0.25, 0.3) is 0 Å². The molecule has 0 atom stereocenters. The van der Waals surface area contributed by atoms with Crippen molar-refractivity contribution < 1.29 is 19.0 Å². The number of aryl methyl sites for hydroxylation is 1. The van der Waals surface area contributed by atoms with Crippen LogP contribution in [0.5, 0.6) is 11.5 Å². The van der Waals surface area contributed by atoms with Crippen molar-refractivity contribution in [2.24, 2.45) is 0 Å². The molecule has 6 heteroatoms. The SMILES string of the molecule is CCOc1ccc(C(=O)OCc2csc(CC)n2)cc1OC. The number of rotatable bonds is 7. The number of methoxy groups -OCH3 is 1. The molecular formula is C16H19NO4S. The number of nitrogens with zero attached hydrogens (tertiary/aromatic N) is 1. The van der Waals surface area contributed by atoms with Gasteiger partial charge in [0.1, 0.15) is 6.61 Å². The number of ether oxygens (including phenoxy) is 3. The maximum Gasteiger partial charge on any atom is 0.338 e. The Bertz CT molecular complexity index is 639. The average molecular weight is 321 g/mol. The first-order chi connectivity index (χ1) is 10.7. The minimum Gasteiger partial charge on any atom is -0.493 e. The summed E-state index contributed by atoms with van der Waals surface area (Å²) in [6.45, 7) is 4.63. The Kier molecular flexibility index (Phi) is 5.77. The van der Waals surface area contributed by atoms with Gasteiger partial charge in [-0.25, -0.2) is 9.78 Å². The van der Waals surface area contributed by atoms with Crippen LogP contribution in [-0.2, 0) is 17.8 Å². The summed E-state index contributed by atoms with van der Waals surface area (Å²) in [5, 5.41) is 2.94. The number of hydrogen-bond donors (Lipinski definition) is 0. The molecule has 0 spiro atoms. The minimum atomic E-state index is -0.410. The molecule has 118 valence electrons. The summed E-state index contributed by atoms with van der Waals surface area (Å²) >= 11 is 1.57. The number of hydrogen-bond acceptors (Lipinski definition) is 6. The first kappa shape index (κ1) is 16.3. The summed E-state index contributed by atoms with van der Waals surface area (Å²) in [4.78, 5) is 16.5. The highest BCUT2D eigenvalue weighted by molar-refractivity contribution is 7.09.